The summed E-state index contributed by atoms with van der Waals surface area (Å²) < 4.78 is 6.95. The Morgan fingerprint density at radius 2 is 2.10 bits per heavy atom. The molecule has 20 heavy (non-hydrogen) atoms. The lowest BCUT2D eigenvalue weighted by atomic mass is 9.95. The molecule has 3 rings (SSSR count). The van der Waals surface area contributed by atoms with E-state index in [4.69, 9.17) is 4.74 Å². The molecule has 0 amide bonds. The number of nitrogens with one attached hydrogen (secondary N) is 1. The second-order valence-electron chi connectivity index (χ2n) is 5.22. The molecule has 0 fully saturated rings. The van der Waals surface area contributed by atoms with Gasteiger partial charge in [0, 0.05) is 16.5 Å². The van der Waals surface area contributed by atoms with Gasteiger partial charge in [-0.15, -0.1) is 0 Å². The van der Waals surface area contributed by atoms with Crippen LogP contribution in [0.15, 0.2) is 40.9 Å². The van der Waals surface area contributed by atoms with E-state index in [1.165, 1.54) is 22.3 Å². The number of benzene rings is 2. The van der Waals surface area contributed by atoms with Crippen LogP contribution >= 0.6 is 15.9 Å². The first-order valence-corrected chi connectivity index (χ1v) is 7.67. The first-order valence-electron chi connectivity index (χ1n) is 6.88. The Bertz CT molecular complexity index is 619. The fraction of sp³-hybridized carbons (Fsp3) is 0.294. The summed E-state index contributed by atoms with van der Waals surface area (Å²) in [6.45, 7) is 2.91. The average Bonchev–Trinajstić information content (AvgIpc) is 2.87. The van der Waals surface area contributed by atoms with Gasteiger partial charge in [0.25, 0.3) is 0 Å². The number of hydrogen-bond donors (Lipinski definition) is 1. The maximum Gasteiger partial charge on any atom is 0.127 e. The molecule has 1 aliphatic heterocycles. The topological polar surface area (TPSA) is 21.3 Å². The van der Waals surface area contributed by atoms with Crippen molar-refractivity contribution < 1.29 is 4.74 Å². The van der Waals surface area contributed by atoms with Crippen molar-refractivity contribution in [3.63, 3.8) is 0 Å². The number of halogens is 1. The summed E-state index contributed by atoms with van der Waals surface area (Å²) in [6, 6.07) is 13.1. The quantitative estimate of drug-likeness (QED) is 0.917. The van der Waals surface area contributed by atoms with Crippen molar-refractivity contribution in [3.8, 4) is 5.75 Å². The summed E-state index contributed by atoms with van der Waals surface area (Å²) >= 11 is 3.59. The molecular weight excluding hydrogens is 314 g/mol. The van der Waals surface area contributed by atoms with Crippen LogP contribution in [0.3, 0.4) is 0 Å². The lowest BCUT2D eigenvalue weighted by Gasteiger charge is -2.20. The molecule has 0 saturated heterocycles. The van der Waals surface area contributed by atoms with Gasteiger partial charge in [-0.25, -0.2) is 0 Å². The third kappa shape index (κ3) is 2.48. The Morgan fingerprint density at radius 3 is 2.85 bits per heavy atom. The fourth-order valence-electron chi connectivity index (χ4n) is 2.90. The Kier molecular flexibility index (Phi) is 3.81. The van der Waals surface area contributed by atoms with Gasteiger partial charge in [-0.05, 0) is 42.8 Å². The highest BCUT2D eigenvalue weighted by Gasteiger charge is 2.22. The zero-order valence-electron chi connectivity index (χ0n) is 11.7. The monoisotopic (exact) mass is 331 g/mol. The largest absolute Gasteiger partial charge is 0.493 e. The van der Waals surface area contributed by atoms with Crippen molar-refractivity contribution in [2.75, 3.05) is 13.7 Å². The van der Waals surface area contributed by atoms with E-state index in [9.17, 15) is 0 Å². The zero-order chi connectivity index (χ0) is 14.1. The van der Waals surface area contributed by atoms with Gasteiger partial charge in [-0.2, -0.15) is 0 Å². The summed E-state index contributed by atoms with van der Waals surface area (Å²) in [5.41, 5.74) is 5.04. The van der Waals surface area contributed by atoms with Gasteiger partial charge < -0.3 is 10.1 Å². The maximum absolute atomic E-state index is 5.84. The summed E-state index contributed by atoms with van der Waals surface area (Å²) in [4.78, 5) is 0. The van der Waals surface area contributed by atoms with Gasteiger partial charge in [-0.3, -0.25) is 0 Å². The summed E-state index contributed by atoms with van der Waals surface area (Å²) in [5, 5.41) is 3.42. The van der Waals surface area contributed by atoms with Crippen LogP contribution in [-0.4, -0.2) is 13.7 Å². The highest BCUT2D eigenvalue weighted by atomic mass is 79.9. The predicted molar refractivity (Wildman–Crippen MR) is 85.4 cm³/mol. The van der Waals surface area contributed by atoms with Crippen molar-refractivity contribution in [1.82, 2.24) is 5.32 Å². The first kappa shape index (κ1) is 13.7. The standard InChI is InChI=1S/C17H18BrNO/c1-11-8-13(10-14(18)9-11)16(19-2)15-5-3-4-12-6-7-20-17(12)15/h3-5,8-10,16,19H,6-7H2,1-2H3. The molecule has 1 atom stereocenters. The summed E-state index contributed by atoms with van der Waals surface area (Å²) in [5.74, 6) is 1.06. The third-order valence-corrected chi connectivity index (χ3v) is 4.20. The maximum atomic E-state index is 5.84. The molecule has 2 aromatic rings. The number of aryl methyl sites for hydroxylation is 1. The van der Waals surface area contributed by atoms with Crippen molar-refractivity contribution in [2.45, 2.75) is 19.4 Å². The van der Waals surface area contributed by atoms with Gasteiger partial charge in [0.15, 0.2) is 0 Å². The molecule has 0 saturated carbocycles. The van der Waals surface area contributed by atoms with Crippen molar-refractivity contribution in [3.05, 3.63) is 63.1 Å². The normalized spacial score (nSPS) is 14.8. The molecule has 0 aliphatic carbocycles. The van der Waals surface area contributed by atoms with Crippen LogP contribution in [0.25, 0.3) is 0 Å². The minimum Gasteiger partial charge on any atom is -0.493 e. The van der Waals surface area contributed by atoms with Crippen LogP contribution < -0.4 is 10.1 Å². The number of rotatable bonds is 3. The SMILES string of the molecule is CNC(c1cc(C)cc(Br)c1)c1cccc2c1OCC2. The zero-order valence-corrected chi connectivity index (χ0v) is 13.3. The van der Waals surface area contributed by atoms with Gasteiger partial charge in [0.1, 0.15) is 5.75 Å². The van der Waals surface area contributed by atoms with Crippen molar-refractivity contribution >= 4 is 15.9 Å². The number of hydrogen-bond acceptors (Lipinski definition) is 2. The fourth-order valence-corrected chi connectivity index (χ4v) is 3.53. The lowest BCUT2D eigenvalue weighted by Crippen LogP contribution is -2.18. The van der Waals surface area contributed by atoms with E-state index in [2.05, 4.69) is 64.6 Å². The summed E-state index contributed by atoms with van der Waals surface area (Å²) in [7, 11) is 2.00. The van der Waals surface area contributed by atoms with E-state index in [1.54, 1.807) is 0 Å². The van der Waals surface area contributed by atoms with Gasteiger partial charge >= 0.3 is 0 Å². The lowest BCUT2D eigenvalue weighted by molar-refractivity contribution is 0.351. The average molecular weight is 332 g/mol. The van der Waals surface area contributed by atoms with Gasteiger partial charge in [0.2, 0.25) is 0 Å². The van der Waals surface area contributed by atoms with E-state index in [1.807, 2.05) is 7.05 Å². The Morgan fingerprint density at radius 1 is 1.25 bits per heavy atom. The molecule has 2 nitrogen and oxygen atoms in total. The smallest absolute Gasteiger partial charge is 0.127 e. The molecule has 0 spiro atoms. The van der Waals surface area contributed by atoms with Gasteiger partial charge in [-0.1, -0.05) is 40.2 Å². The van der Waals surface area contributed by atoms with Crippen LogP contribution in [0.4, 0.5) is 0 Å². The molecule has 1 aliphatic rings. The highest BCUT2D eigenvalue weighted by molar-refractivity contribution is 9.10. The minimum absolute atomic E-state index is 0.152. The molecule has 0 bridgehead atoms. The molecule has 104 valence electrons. The second kappa shape index (κ2) is 5.58. The highest BCUT2D eigenvalue weighted by Crippen LogP contribution is 2.36. The van der Waals surface area contributed by atoms with Crippen molar-refractivity contribution in [2.24, 2.45) is 0 Å². The van der Waals surface area contributed by atoms with E-state index < -0.39 is 0 Å². The molecule has 2 aromatic carbocycles. The molecule has 0 aromatic heterocycles. The molecule has 1 N–H and O–H groups in total. The van der Waals surface area contributed by atoms with E-state index in [0.29, 0.717) is 0 Å². The molecule has 0 radical (unpaired) electrons. The van der Waals surface area contributed by atoms with Crippen LogP contribution in [0.2, 0.25) is 0 Å². The summed E-state index contributed by atoms with van der Waals surface area (Å²) in [6.07, 6.45) is 1.01. The van der Waals surface area contributed by atoms with Crippen LogP contribution in [0, 0.1) is 6.92 Å². The first-order chi connectivity index (χ1) is 9.69. The molecule has 1 unspecified atom stereocenters. The van der Waals surface area contributed by atoms with E-state index >= 15 is 0 Å². The molecular formula is C17H18BrNO. The molecule has 1 heterocycles. The van der Waals surface area contributed by atoms with Crippen LogP contribution in [0.5, 0.6) is 5.75 Å². The Balaban J connectivity index is 2.08. The third-order valence-electron chi connectivity index (χ3n) is 3.74. The van der Waals surface area contributed by atoms with E-state index in [0.717, 1.165) is 23.2 Å². The number of fused-ring (bicyclic) bond motifs is 1. The Labute approximate surface area is 128 Å². The number of para-hydroxylation sites is 1. The second-order valence-corrected chi connectivity index (χ2v) is 6.13. The predicted octanol–water partition coefficient (Wildman–Crippen LogP) is 4.00. The minimum atomic E-state index is 0.152. The van der Waals surface area contributed by atoms with Crippen molar-refractivity contribution in [1.29, 1.82) is 0 Å². The molecule has 3 heteroatoms. The Hall–Kier alpha value is -1.32. The van der Waals surface area contributed by atoms with Gasteiger partial charge in [0.05, 0.1) is 12.6 Å². The number of ether oxygens (including phenoxy) is 1. The van der Waals surface area contributed by atoms with E-state index in [-0.39, 0.29) is 6.04 Å². The van der Waals surface area contributed by atoms with Crippen LogP contribution in [-0.2, 0) is 6.42 Å². The van der Waals surface area contributed by atoms with Crippen LogP contribution in [0.1, 0.15) is 28.3 Å².